The van der Waals surface area contributed by atoms with Gasteiger partial charge in [-0.05, 0) is 97.9 Å². The number of rotatable bonds is 3. The van der Waals surface area contributed by atoms with Crippen molar-refractivity contribution in [2.75, 3.05) is 0 Å². The van der Waals surface area contributed by atoms with E-state index in [-0.39, 0.29) is 17.3 Å². The van der Waals surface area contributed by atoms with Gasteiger partial charge in [0.2, 0.25) is 0 Å². The second-order valence-electron chi connectivity index (χ2n) is 11.0. The normalized spacial score (nSPS) is 51.9. The van der Waals surface area contributed by atoms with Crippen LogP contribution in [0.15, 0.2) is 11.6 Å². The molecule has 0 aromatic rings. The van der Waals surface area contributed by atoms with Gasteiger partial charge in [0, 0.05) is 12.8 Å². The lowest BCUT2D eigenvalue weighted by Crippen LogP contribution is -2.55. The first-order chi connectivity index (χ1) is 13.2. The second kappa shape index (κ2) is 5.93. The van der Waals surface area contributed by atoms with E-state index in [2.05, 4.69) is 13.8 Å². The van der Waals surface area contributed by atoms with Gasteiger partial charge in [0.05, 0.1) is 5.60 Å². The van der Waals surface area contributed by atoms with Crippen LogP contribution in [0.3, 0.4) is 0 Å². The van der Waals surface area contributed by atoms with Crippen LogP contribution >= 0.6 is 0 Å². The van der Waals surface area contributed by atoms with E-state index >= 15 is 0 Å². The standard InChI is InChI=1S/C24H34O4/c1-22-10-7-15(25)13-14(22)3-4-16-18(22)8-11-23(2)21(16)17-5-6-19(17)24(23,28)12-9-20(26)27/h13,16-19,21,28H,3-12H2,1-2H3,(H,26,27)/t16?,17?,18?,19-,21?,22-,23-,24-/m0/s1. The molecule has 4 unspecified atom stereocenters. The molecule has 0 radical (unpaired) electrons. The molecule has 4 fully saturated rings. The highest BCUT2D eigenvalue weighted by Gasteiger charge is 2.72. The Hall–Kier alpha value is -1.16. The number of aliphatic carboxylic acids is 1. The molecular formula is C24H34O4. The van der Waals surface area contributed by atoms with Crippen molar-refractivity contribution in [3.05, 3.63) is 11.6 Å². The molecule has 5 aliphatic rings. The van der Waals surface area contributed by atoms with Crippen molar-refractivity contribution < 1.29 is 19.8 Å². The van der Waals surface area contributed by atoms with E-state index in [0.29, 0.717) is 48.2 Å². The molecule has 2 N–H and O–H groups in total. The number of allylic oxidation sites excluding steroid dienone is 1. The first kappa shape index (κ1) is 18.8. The fraction of sp³-hybridized carbons (Fsp3) is 0.833. The van der Waals surface area contributed by atoms with Crippen molar-refractivity contribution in [3.63, 3.8) is 0 Å². The fourth-order valence-electron chi connectivity index (χ4n) is 8.84. The lowest BCUT2D eigenvalue weighted by atomic mass is 9.45. The number of carbonyl (C=O) groups excluding carboxylic acids is 1. The van der Waals surface area contributed by atoms with Crippen molar-refractivity contribution >= 4 is 11.8 Å². The quantitative estimate of drug-likeness (QED) is 0.756. The molecule has 5 rings (SSSR count). The molecule has 0 bridgehead atoms. The van der Waals surface area contributed by atoms with E-state index < -0.39 is 11.6 Å². The highest BCUT2D eigenvalue weighted by Crippen LogP contribution is 2.74. The van der Waals surface area contributed by atoms with Crippen LogP contribution in [0.4, 0.5) is 0 Å². The molecule has 0 aromatic carbocycles. The minimum atomic E-state index is -0.816. The second-order valence-corrected chi connectivity index (χ2v) is 11.0. The number of carbonyl (C=O) groups is 2. The largest absolute Gasteiger partial charge is 0.481 e. The van der Waals surface area contributed by atoms with Gasteiger partial charge in [-0.25, -0.2) is 0 Å². The lowest BCUT2D eigenvalue weighted by Gasteiger charge is -2.59. The average molecular weight is 387 g/mol. The van der Waals surface area contributed by atoms with Crippen LogP contribution in [0.5, 0.6) is 0 Å². The first-order valence-corrected chi connectivity index (χ1v) is 11.4. The van der Waals surface area contributed by atoms with Gasteiger partial charge in [-0.1, -0.05) is 19.4 Å². The van der Waals surface area contributed by atoms with Crippen molar-refractivity contribution in [1.82, 2.24) is 0 Å². The van der Waals surface area contributed by atoms with Crippen molar-refractivity contribution in [2.24, 2.45) is 40.4 Å². The van der Waals surface area contributed by atoms with E-state index in [1.807, 2.05) is 6.08 Å². The minimum absolute atomic E-state index is 0.0723. The summed E-state index contributed by atoms with van der Waals surface area (Å²) in [4.78, 5) is 23.3. The third kappa shape index (κ3) is 2.21. The van der Waals surface area contributed by atoms with Crippen LogP contribution in [0.1, 0.15) is 78.1 Å². The predicted molar refractivity (Wildman–Crippen MR) is 106 cm³/mol. The summed E-state index contributed by atoms with van der Waals surface area (Å²) in [6, 6.07) is 0. The van der Waals surface area contributed by atoms with E-state index in [9.17, 15) is 19.8 Å². The molecule has 0 aromatic heterocycles. The number of hydrogen-bond acceptors (Lipinski definition) is 3. The maximum Gasteiger partial charge on any atom is 0.303 e. The van der Waals surface area contributed by atoms with Crippen LogP contribution < -0.4 is 0 Å². The van der Waals surface area contributed by atoms with Crippen molar-refractivity contribution in [3.8, 4) is 0 Å². The molecule has 0 heterocycles. The lowest BCUT2D eigenvalue weighted by molar-refractivity contribution is -0.154. The van der Waals surface area contributed by atoms with E-state index in [4.69, 9.17) is 0 Å². The van der Waals surface area contributed by atoms with Gasteiger partial charge in [-0.2, -0.15) is 0 Å². The van der Waals surface area contributed by atoms with Gasteiger partial charge in [0.1, 0.15) is 0 Å². The summed E-state index contributed by atoms with van der Waals surface area (Å²) in [6.45, 7) is 4.68. The molecule has 154 valence electrons. The zero-order chi connectivity index (χ0) is 19.9. The Kier molecular flexibility index (Phi) is 3.99. The van der Waals surface area contributed by atoms with E-state index in [1.165, 1.54) is 12.0 Å². The van der Waals surface area contributed by atoms with Crippen LogP contribution in [0.2, 0.25) is 0 Å². The number of aliphatic hydroxyl groups is 1. The minimum Gasteiger partial charge on any atom is -0.481 e. The van der Waals surface area contributed by atoms with Gasteiger partial charge >= 0.3 is 5.97 Å². The van der Waals surface area contributed by atoms with Gasteiger partial charge in [0.25, 0.3) is 0 Å². The topological polar surface area (TPSA) is 74.6 Å². The summed E-state index contributed by atoms with van der Waals surface area (Å²) >= 11 is 0. The molecule has 4 nitrogen and oxygen atoms in total. The summed E-state index contributed by atoms with van der Waals surface area (Å²) < 4.78 is 0. The van der Waals surface area contributed by atoms with Crippen LogP contribution in [0.25, 0.3) is 0 Å². The SMILES string of the molecule is C[C@]12CCC(=O)C=C1CCC1C2CC[C@@]2(C)C1C1CC[C@@H]1[C@@]2(O)CCC(=O)O. The Morgan fingerprint density at radius 2 is 1.82 bits per heavy atom. The molecule has 0 spiro atoms. The summed E-state index contributed by atoms with van der Waals surface area (Å²) in [7, 11) is 0. The summed E-state index contributed by atoms with van der Waals surface area (Å²) in [5.74, 6) is 2.10. The third-order valence-electron chi connectivity index (χ3n) is 10.3. The van der Waals surface area contributed by atoms with Gasteiger partial charge in [-0.3, -0.25) is 9.59 Å². The Morgan fingerprint density at radius 1 is 1.07 bits per heavy atom. The van der Waals surface area contributed by atoms with Crippen LogP contribution in [0, 0.1) is 40.4 Å². The van der Waals surface area contributed by atoms with E-state index in [1.54, 1.807) is 0 Å². The van der Waals surface area contributed by atoms with Gasteiger partial charge < -0.3 is 10.2 Å². The number of hydrogen-bond donors (Lipinski definition) is 2. The Balaban J connectivity index is 1.50. The smallest absolute Gasteiger partial charge is 0.303 e. The molecule has 0 saturated heterocycles. The molecule has 28 heavy (non-hydrogen) atoms. The van der Waals surface area contributed by atoms with Gasteiger partial charge in [-0.15, -0.1) is 0 Å². The molecular weight excluding hydrogens is 352 g/mol. The molecule has 0 aliphatic heterocycles. The van der Waals surface area contributed by atoms with E-state index in [0.717, 1.165) is 38.5 Å². The van der Waals surface area contributed by atoms with Gasteiger partial charge in [0.15, 0.2) is 5.78 Å². The molecule has 0 amide bonds. The highest BCUT2D eigenvalue weighted by atomic mass is 16.4. The summed E-state index contributed by atoms with van der Waals surface area (Å²) in [6.07, 6.45) is 10.6. The Labute approximate surface area is 167 Å². The van der Waals surface area contributed by atoms with Crippen LogP contribution in [-0.2, 0) is 9.59 Å². The number of fused-ring (bicyclic) bond motifs is 7. The monoisotopic (exact) mass is 386 g/mol. The first-order valence-electron chi connectivity index (χ1n) is 11.4. The maximum absolute atomic E-state index is 12.0. The molecule has 4 saturated carbocycles. The number of ketones is 1. The van der Waals surface area contributed by atoms with Crippen molar-refractivity contribution in [2.45, 2.75) is 83.7 Å². The summed E-state index contributed by atoms with van der Waals surface area (Å²) in [5, 5.41) is 21.2. The Bertz CT molecular complexity index is 756. The Morgan fingerprint density at radius 3 is 2.50 bits per heavy atom. The zero-order valence-corrected chi connectivity index (χ0v) is 17.2. The maximum atomic E-state index is 12.0. The molecule has 5 aliphatic carbocycles. The summed E-state index contributed by atoms with van der Waals surface area (Å²) in [5.41, 5.74) is 0.568. The fourth-order valence-corrected chi connectivity index (χ4v) is 8.84. The molecule has 4 heteroatoms. The molecule has 8 atom stereocenters. The third-order valence-corrected chi connectivity index (χ3v) is 10.3. The predicted octanol–water partition coefficient (Wildman–Crippen LogP) is 4.36. The van der Waals surface area contributed by atoms with Crippen LogP contribution in [-0.4, -0.2) is 27.6 Å². The van der Waals surface area contributed by atoms with Crippen molar-refractivity contribution in [1.29, 1.82) is 0 Å². The number of carboxylic acids is 1. The zero-order valence-electron chi connectivity index (χ0n) is 17.2. The highest BCUT2D eigenvalue weighted by molar-refractivity contribution is 5.91. The average Bonchev–Trinajstić information content (AvgIpc) is 2.74. The number of carboxylic acid groups (broad SMARTS) is 1.